The molecule has 148 valence electrons. The molecular formula is C17H25N5O4S. The van der Waals surface area contributed by atoms with E-state index in [2.05, 4.69) is 15.1 Å². The summed E-state index contributed by atoms with van der Waals surface area (Å²) >= 11 is 0. The van der Waals surface area contributed by atoms with Crippen LogP contribution in [0.3, 0.4) is 0 Å². The van der Waals surface area contributed by atoms with E-state index in [1.165, 1.54) is 4.31 Å². The number of piperidine rings is 1. The van der Waals surface area contributed by atoms with E-state index >= 15 is 0 Å². The fourth-order valence-corrected chi connectivity index (χ4v) is 5.26. The van der Waals surface area contributed by atoms with Crippen LogP contribution in [0.25, 0.3) is 0 Å². The van der Waals surface area contributed by atoms with Gasteiger partial charge >= 0.3 is 0 Å². The van der Waals surface area contributed by atoms with Gasteiger partial charge in [-0.05, 0) is 32.6 Å². The zero-order chi connectivity index (χ0) is 19.6. The van der Waals surface area contributed by atoms with Gasteiger partial charge < -0.3 is 14.2 Å². The zero-order valence-corrected chi connectivity index (χ0v) is 16.9. The molecule has 1 saturated heterocycles. The van der Waals surface area contributed by atoms with E-state index in [9.17, 15) is 8.42 Å². The minimum atomic E-state index is -3.57. The summed E-state index contributed by atoms with van der Waals surface area (Å²) in [6, 6.07) is 0. The monoisotopic (exact) mass is 395 g/mol. The summed E-state index contributed by atoms with van der Waals surface area (Å²) in [6.07, 6.45) is 4.77. The highest BCUT2D eigenvalue weighted by molar-refractivity contribution is 7.89. The molecule has 3 rings (SSSR count). The van der Waals surface area contributed by atoms with Crippen LogP contribution < -0.4 is 9.64 Å². The third kappa shape index (κ3) is 3.91. The molecule has 27 heavy (non-hydrogen) atoms. The molecule has 0 saturated carbocycles. The number of anilines is 1. The molecule has 0 unspecified atom stereocenters. The average molecular weight is 395 g/mol. The lowest BCUT2D eigenvalue weighted by atomic mass is 9.98. The van der Waals surface area contributed by atoms with Gasteiger partial charge in [0.25, 0.3) is 5.88 Å². The summed E-state index contributed by atoms with van der Waals surface area (Å²) in [7, 11) is -0.0608. The van der Waals surface area contributed by atoms with Gasteiger partial charge in [0.2, 0.25) is 10.0 Å². The van der Waals surface area contributed by atoms with E-state index in [1.54, 1.807) is 33.4 Å². The molecule has 1 fully saturated rings. The number of ether oxygens (including phenoxy) is 1. The quantitative estimate of drug-likeness (QED) is 0.727. The first-order valence-electron chi connectivity index (χ1n) is 8.83. The highest BCUT2D eigenvalue weighted by atomic mass is 32.2. The van der Waals surface area contributed by atoms with Gasteiger partial charge in [0.15, 0.2) is 11.6 Å². The zero-order valence-electron chi connectivity index (χ0n) is 16.0. The van der Waals surface area contributed by atoms with Crippen molar-refractivity contribution in [2.24, 2.45) is 5.92 Å². The number of nitrogens with zero attached hydrogens (tertiary/aromatic N) is 5. The Hall–Kier alpha value is -2.20. The first kappa shape index (κ1) is 19.6. The maximum atomic E-state index is 12.9. The number of sulfonamides is 1. The van der Waals surface area contributed by atoms with Crippen LogP contribution in [0.1, 0.15) is 24.3 Å². The predicted octanol–water partition coefficient (Wildman–Crippen LogP) is 1.63. The lowest BCUT2D eigenvalue weighted by Gasteiger charge is -2.33. The van der Waals surface area contributed by atoms with Gasteiger partial charge in [0.05, 0.1) is 7.11 Å². The van der Waals surface area contributed by atoms with Crippen molar-refractivity contribution in [3.8, 4) is 5.88 Å². The van der Waals surface area contributed by atoms with Gasteiger partial charge in [0, 0.05) is 39.1 Å². The molecule has 2 aromatic heterocycles. The second-order valence-electron chi connectivity index (χ2n) is 6.77. The standard InChI is InChI=1S/C17H25N5O4S/c1-12-15(13(2)26-20-12)27(23,24)22-9-5-14(6-10-22)11-21(3)16-17(25-4)19-8-7-18-16/h7-8,14H,5-6,9-11H2,1-4H3. The Bertz CT molecular complexity index is 871. The Morgan fingerprint density at radius 1 is 1.26 bits per heavy atom. The third-order valence-corrected chi connectivity index (χ3v) is 7.02. The topological polar surface area (TPSA) is 102 Å². The van der Waals surface area contributed by atoms with E-state index in [1.807, 2.05) is 11.9 Å². The highest BCUT2D eigenvalue weighted by Gasteiger charge is 2.34. The van der Waals surface area contributed by atoms with Crippen LogP contribution in [0.2, 0.25) is 0 Å². The maximum Gasteiger partial charge on any atom is 0.257 e. The minimum absolute atomic E-state index is 0.197. The van der Waals surface area contributed by atoms with Gasteiger partial charge in [-0.2, -0.15) is 4.31 Å². The minimum Gasteiger partial charge on any atom is -0.478 e. The molecule has 0 atom stereocenters. The van der Waals surface area contributed by atoms with Crippen LogP contribution in [-0.4, -0.2) is 61.6 Å². The van der Waals surface area contributed by atoms with E-state index in [0.717, 1.165) is 19.4 Å². The Balaban J connectivity index is 1.64. The lowest BCUT2D eigenvalue weighted by Crippen LogP contribution is -2.41. The van der Waals surface area contributed by atoms with Crippen LogP contribution in [0.5, 0.6) is 5.88 Å². The van der Waals surface area contributed by atoms with Crippen LogP contribution >= 0.6 is 0 Å². The van der Waals surface area contributed by atoms with Gasteiger partial charge in [-0.15, -0.1) is 0 Å². The normalized spacial score (nSPS) is 16.4. The molecule has 3 heterocycles. The molecule has 0 aliphatic carbocycles. The largest absolute Gasteiger partial charge is 0.478 e. The Kier molecular flexibility index (Phi) is 5.66. The summed E-state index contributed by atoms with van der Waals surface area (Å²) in [6.45, 7) is 4.99. The molecule has 1 aliphatic rings. The molecule has 1 aliphatic heterocycles. The third-order valence-electron chi connectivity index (χ3n) is 4.87. The molecule has 9 nitrogen and oxygen atoms in total. The first-order valence-corrected chi connectivity index (χ1v) is 10.3. The van der Waals surface area contributed by atoms with Crippen LogP contribution in [0.4, 0.5) is 5.82 Å². The molecule has 0 radical (unpaired) electrons. The van der Waals surface area contributed by atoms with Crippen molar-refractivity contribution in [1.82, 2.24) is 19.4 Å². The summed E-state index contributed by atoms with van der Waals surface area (Å²) < 4.78 is 37.6. The number of hydrogen-bond donors (Lipinski definition) is 0. The number of aryl methyl sites for hydroxylation is 2. The van der Waals surface area contributed by atoms with E-state index in [0.29, 0.717) is 42.2 Å². The summed E-state index contributed by atoms with van der Waals surface area (Å²) in [5.74, 6) is 1.87. The maximum absolute atomic E-state index is 12.9. The van der Waals surface area contributed by atoms with E-state index in [-0.39, 0.29) is 4.90 Å². The second kappa shape index (κ2) is 7.81. The molecule has 0 aromatic carbocycles. The molecule has 0 spiro atoms. The lowest BCUT2D eigenvalue weighted by molar-refractivity contribution is 0.275. The van der Waals surface area contributed by atoms with E-state index in [4.69, 9.17) is 9.26 Å². The number of rotatable bonds is 6. The van der Waals surface area contributed by atoms with Crippen molar-refractivity contribution in [2.45, 2.75) is 31.6 Å². The number of methoxy groups -OCH3 is 1. The Morgan fingerprint density at radius 2 is 1.93 bits per heavy atom. The van der Waals surface area contributed by atoms with Crippen LogP contribution in [0, 0.1) is 19.8 Å². The van der Waals surface area contributed by atoms with Gasteiger partial charge in [-0.25, -0.2) is 18.4 Å². The highest BCUT2D eigenvalue weighted by Crippen LogP contribution is 2.29. The SMILES string of the molecule is COc1nccnc1N(C)CC1CCN(S(=O)(=O)c2c(C)noc2C)CC1. The first-order chi connectivity index (χ1) is 12.8. The van der Waals surface area contributed by atoms with Crippen LogP contribution in [0.15, 0.2) is 21.8 Å². The van der Waals surface area contributed by atoms with Crippen molar-refractivity contribution < 1.29 is 17.7 Å². The van der Waals surface area contributed by atoms with Crippen molar-refractivity contribution >= 4 is 15.8 Å². The smallest absolute Gasteiger partial charge is 0.257 e. The van der Waals surface area contributed by atoms with Crippen LogP contribution in [-0.2, 0) is 10.0 Å². The van der Waals surface area contributed by atoms with Crippen molar-refractivity contribution in [3.63, 3.8) is 0 Å². The van der Waals surface area contributed by atoms with Gasteiger partial charge in [-0.3, -0.25) is 0 Å². The van der Waals surface area contributed by atoms with Crippen molar-refractivity contribution in [1.29, 1.82) is 0 Å². The summed E-state index contributed by atoms with van der Waals surface area (Å²) in [5.41, 5.74) is 0.407. The Labute approximate surface area is 159 Å². The van der Waals surface area contributed by atoms with E-state index < -0.39 is 10.0 Å². The second-order valence-corrected chi connectivity index (χ2v) is 8.65. The number of aromatic nitrogens is 3. The molecule has 2 aromatic rings. The van der Waals surface area contributed by atoms with Gasteiger partial charge in [0.1, 0.15) is 10.6 Å². The molecule has 10 heteroatoms. The van der Waals surface area contributed by atoms with Crippen molar-refractivity contribution in [2.75, 3.05) is 38.7 Å². The predicted molar refractivity (Wildman–Crippen MR) is 99.3 cm³/mol. The fraction of sp³-hybridized carbons (Fsp3) is 0.588. The molecule has 0 bridgehead atoms. The fourth-order valence-electron chi connectivity index (χ4n) is 3.50. The van der Waals surface area contributed by atoms with Gasteiger partial charge in [-0.1, -0.05) is 5.16 Å². The number of hydrogen-bond acceptors (Lipinski definition) is 8. The molecule has 0 amide bonds. The molecular weight excluding hydrogens is 370 g/mol. The Morgan fingerprint density at radius 3 is 2.52 bits per heavy atom. The van der Waals surface area contributed by atoms with Crippen molar-refractivity contribution in [3.05, 3.63) is 23.8 Å². The average Bonchev–Trinajstić information content (AvgIpc) is 3.01. The molecule has 0 N–H and O–H groups in total. The summed E-state index contributed by atoms with van der Waals surface area (Å²) in [4.78, 5) is 10.7. The summed E-state index contributed by atoms with van der Waals surface area (Å²) in [5, 5.41) is 3.77.